The first-order chi connectivity index (χ1) is 6.50. The standard InChI is InChI=1S/C9H15N3O2/c1-5(2)4-7-11-12-9(14-7)8(10)6(3)13/h4,6,8,13H,10H2,1-3H3/t6-,8+/m0/s1. The third-order valence-corrected chi connectivity index (χ3v) is 1.67. The molecule has 0 saturated heterocycles. The minimum Gasteiger partial charge on any atom is -0.420 e. The maximum atomic E-state index is 9.20. The van der Waals surface area contributed by atoms with Gasteiger partial charge >= 0.3 is 0 Å². The van der Waals surface area contributed by atoms with E-state index >= 15 is 0 Å². The van der Waals surface area contributed by atoms with Crippen LogP contribution in [0.5, 0.6) is 0 Å². The van der Waals surface area contributed by atoms with Crippen molar-refractivity contribution in [3.8, 4) is 0 Å². The summed E-state index contributed by atoms with van der Waals surface area (Å²) in [7, 11) is 0. The van der Waals surface area contributed by atoms with Crippen LogP contribution in [-0.2, 0) is 0 Å². The second kappa shape index (κ2) is 4.34. The minimum absolute atomic E-state index is 0.257. The minimum atomic E-state index is -0.699. The second-order valence-corrected chi connectivity index (χ2v) is 3.47. The average molecular weight is 197 g/mol. The Morgan fingerprint density at radius 1 is 1.50 bits per heavy atom. The van der Waals surface area contributed by atoms with Crippen LogP contribution in [0.2, 0.25) is 0 Å². The van der Waals surface area contributed by atoms with Crippen LogP contribution in [0.15, 0.2) is 9.99 Å². The van der Waals surface area contributed by atoms with Gasteiger partial charge in [0.2, 0.25) is 11.8 Å². The highest BCUT2D eigenvalue weighted by Gasteiger charge is 2.18. The van der Waals surface area contributed by atoms with Gasteiger partial charge in [0.15, 0.2) is 0 Å². The van der Waals surface area contributed by atoms with Crippen LogP contribution in [0.1, 0.15) is 38.6 Å². The fourth-order valence-electron chi connectivity index (χ4n) is 0.893. The summed E-state index contributed by atoms with van der Waals surface area (Å²) in [6, 6.07) is -0.623. The van der Waals surface area contributed by atoms with Crippen LogP contribution < -0.4 is 5.73 Å². The van der Waals surface area contributed by atoms with E-state index in [4.69, 9.17) is 10.2 Å². The summed E-state index contributed by atoms with van der Waals surface area (Å²) in [4.78, 5) is 0. The zero-order valence-corrected chi connectivity index (χ0v) is 8.56. The molecule has 0 saturated carbocycles. The summed E-state index contributed by atoms with van der Waals surface area (Å²) in [5.74, 6) is 0.670. The van der Waals surface area contributed by atoms with E-state index in [2.05, 4.69) is 10.2 Å². The fourth-order valence-corrected chi connectivity index (χ4v) is 0.893. The van der Waals surface area contributed by atoms with Gasteiger partial charge in [-0.25, -0.2) is 0 Å². The third-order valence-electron chi connectivity index (χ3n) is 1.67. The Morgan fingerprint density at radius 3 is 2.64 bits per heavy atom. The Bertz CT molecular complexity index is 327. The maximum absolute atomic E-state index is 9.20. The number of aromatic nitrogens is 2. The molecule has 14 heavy (non-hydrogen) atoms. The summed E-state index contributed by atoms with van der Waals surface area (Å²) in [5, 5.41) is 16.7. The molecule has 78 valence electrons. The number of nitrogens with two attached hydrogens (primary N) is 1. The van der Waals surface area contributed by atoms with E-state index in [9.17, 15) is 5.11 Å². The van der Waals surface area contributed by atoms with Gasteiger partial charge in [0.05, 0.1) is 6.10 Å². The number of hydrogen-bond donors (Lipinski definition) is 2. The van der Waals surface area contributed by atoms with Crippen LogP contribution in [0.25, 0.3) is 6.08 Å². The molecule has 0 amide bonds. The van der Waals surface area contributed by atoms with Gasteiger partial charge < -0.3 is 15.3 Å². The van der Waals surface area contributed by atoms with E-state index in [1.807, 2.05) is 13.8 Å². The summed E-state index contributed by atoms with van der Waals surface area (Å²) < 4.78 is 5.23. The highest BCUT2D eigenvalue weighted by atomic mass is 16.4. The fraction of sp³-hybridized carbons (Fsp3) is 0.556. The van der Waals surface area contributed by atoms with E-state index in [-0.39, 0.29) is 5.89 Å². The maximum Gasteiger partial charge on any atom is 0.240 e. The lowest BCUT2D eigenvalue weighted by molar-refractivity contribution is 0.150. The molecule has 0 aliphatic carbocycles. The van der Waals surface area contributed by atoms with Crippen molar-refractivity contribution in [2.45, 2.75) is 32.9 Å². The van der Waals surface area contributed by atoms with E-state index in [1.165, 1.54) is 0 Å². The van der Waals surface area contributed by atoms with Crippen molar-refractivity contribution >= 4 is 6.08 Å². The van der Waals surface area contributed by atoms with Crippen molar-refractivity contribution in [1.82, 2.24) is 10.2 Å². The molecule has 2 atom stereocenters. The molecule has 0 bridgehead atoms. The monoisotopic (exact) mass is 197 g/mol. The van der Waals surface area contributed by atoms with Crippen molar-refractivity contribution < 1.29 is 9.52 Å². The first-order valence-corrected chi connectivity index (χ1v) is 4.42. The van der Waals surface area contributed by atoms with Crippen molar-refractivity contribution in [3.05, 3.63) is 17.4 Å². The van der Waals surface area contributed by atoms with Crippen LogP contribution in [0.4, 0.5) is 0 Å². The van der Waals surface area contributed by atoms with E-state index in [1.54, 1.807) is 13.0 Å². The molecule has 0 unspecified atom stereocenters. The lowest BCUT2D eigenvalue weighted by Crippen LogP contribution is -2.23. The van der Waals surface area contributed by atoms with Gasteiger partial charge in [0.1, 0.15) is 6.04 Å². The quantitative estimate of drug-likeness (QED) is 0.751. The molecule has 0 aromatic carbocycles. The molecule has 0 fully saturated rings. The van der Waals surface area contributed by atoms with Gasteiger partial charge in [0.25, 0.3) is 0 Å². The summed E-state index contributed by atoms with van der Waals surface area (Å²) in [5.41, 5.74) is 6.68. The Morgan fingerprint density at radius 2 is 2.14 bits per heavy atom. The second-order valence-electron chi connectivity index (χ2n) is 3.47. The van der Waals surface area contributed by atoms with Crippen LogP contribution in [0, 0.1) is 0 Å². The molecule has 1 aromatic heterocycles. The molecular weight excluding hydrogens is 182 g/mol. The lowest BCUT2D eigenvalue weighted by atomic mass is 10.2. The Kier molecular flexibility index (Phi) is 3.38. The molecule has 5 nitrogen and oxygen atoms in total. The van der Waals surface area contributed by atoms with Gasteiger partial charge in [0, 0.05) is 6.08 Å². The largest absolute Gasteiger partial charge is 0.420 e. The Hall–Kier alpha value is -1.20. The molecular formula is C9H15N3O2. The summed E-state index contributed by atoms with van der Waals surface area (Å²) in [6.45, 7) is 5.44. The van der Waals surface area contributed by atoms with Gasteiger partial charge in [-0.05, 0) is 20.8 Å². The number of aliphatic hydroxyl groups is 1. The number of hydrogen-bond acceptors (Lipinski definition) is 5. The van der Waals surface area contributed by atoms with Gasteiger partial charge in [-0.2, -0.15) is 0 Å². The SMILES string of the molecule is CC(C)=Cc1nnc([C@H](N)[C@H](C)O)o1. The molecule has 0 spiro atoms. The molecule has 5 heteroatoms. The van der Waals surface area contributed by atoms with Crippen molar-refractivity contribution in [2.75, 3.05) is 0 Å². The number of allylic oxidation sites excluding steroid dienone is 1. The Labute approximate surface area is 82.6 Å². The zero-order chi connectivity index (χ0) is 10.7. The number of rotatable bonds is 3. The van der Waals surface area contributed by atoms with Gasteiger partial charge in [-0.15, -0.1) is 10.2 Å². The predicted octanol–water partition coefficient (Wildman–Crippen LogP) is 0.873. The highest BCUT2D eigenvalue weighted by Crippen LogP contribution is 2.13. The third kappa shape index (κ3) is 2.65. The highest BCUT2D eigenvalue weighted by molar-refractivity contribution is 5.40. The normalized spacial score (nSPS) is 14.9. The zero-order valence-electron chi connectivity index (χ0n) is 8.56. The topological polar surface area (TPSA) is 85.2 Å². The molecule has 1 rings (SSSR count). The number of aliphatic hydroxyl groups excluding tert-OH is 1. The predicted molar refractivity (Wildman–Crippen MR) is 52.2 cm³/mol. The van der Waals surface area contributed by atoms with Crippen LogP contribution in [0.3, 0.4) is 0 Å². The molecule has 3 N–H and O–H groups in total. The van der Waals surface area contributed by atoms with Gasteiger partial charge in [-0.1, -0.05) is 5.57 Å². The van der Waals surface area contributed by atoms with E-state index in [0.717, 1.165) is 5.57 Å². The molecule has 0 aliphatic heterocycles. The molecule has 1 heterocycles. The Balaban J connectivity index is 2.83. The first kappa shape index (κ1) is 10.9. The summed E-state index contributed by atoms with van der Waals surface area (Å²) in [6.07, 6.45) is 1.06. The lowest BCUT2D eigenvalue weighted by Gasteiger charge is -2.08. The average Bonchev–Trinajstić information content (AvgIpc) is 2.50. The van der Waals surface area contributed by atoms with Crippen molar-refractivity contribution in [1.29, 1.82) is 0 Å². The van der Waals surface area contributed by atoms with Crippen molar-refractivity contribution in [2.24, 2.45) is 5.73 Å². The van der Waals surface area contributed by atoms with Crippen LogP contribution >= 0.6 is 0 Å². The smallest absolute Gasteiger partial charge is 0.240 e. The van der Waals surface area contributed by atoms with E-state index < -0.39 is 12.1 Å². The van der Waals surface area contributed by atoms with E-state index in [0.29, 0.717) is 5.89 Å². The van der Waals surface area contributed by atoms with Crippen LogP contribution in [-0.4, -0.2) is 21.4 Å². The van der Waals surface area contributed by atoms with Crippen molar-refractivity contribution in [3.63, 3.8) is 0 Å². The molecule has 0 radical (unpaired) electrons. The first-order valence-electron chi connectivity index (χ1n) is 4.42. The summed E-state index contributed by atoms with van der Waals surface area (Å²) >= 11 is 0. The molecule has 1 aromatic rings. The van der Waals surface area contributed by atoms with Gasteiger partial charge in [-0.3, -0.25) is 0 Å². The molecule has 0 aliphatic rings. The number of nitrogens with zero attached hydrogens (tertiary/aromatic N) is 2.